The van der Waals surface area contributed by atoms with Gasteiger partial charge in [-0.05, 0) is 0 Å². The molecule has 5 atom stereocenters. The molecule has 1 saturated heterocycles. The second-order valence-electron chi connectivity index (χ2n) is 5.69. The summed E-state index contributed by atoms with van der Waals surface area (Å²) in [5, 5.41) is 0. The van der Waals surface area contributed by atoms with Gasteiger partial charge in [-0.25, -0.2) is 0 Å². The van der Waals surface area contributed by atoms with Crippen LogP contribution in [0.15, 0.2) is 0 Å². The van der Waals surface area contributed by atoms with Gasteiger partial charge in [-0.1, -0.05) is 0 Å². The molecule has 0 saturated carbocycles. The van der Waals surface area contributed by atoms with Gasteiger partial charge in [-0.15, -0.1) is 0 Å². The molecule has 1 fully saturated rings. The van der Waals surface area contributed by atoms with Gasteiger partial charge >= 0.3 is 163 Å². The number of hydrogen-bond donors (Lipinski definition) is 9. The molecule has 0 radical (unpaired) electrons. The van der Waals surface area contributed by atoms with E-state index in [4.69, 9.17) is 34.1 Å². The van der Waals surface area contributed by atoms with E-state index in [1.165, 1.54) is 6.92 Å². The van der Waals surface area contributed by atoms with Crippen LogP contribution < -0.4 is 0 Å². The standard InChI is InChI=1S/C8H22O17P4/c1-2-4-6(23-27(12,13)14)8(25-29(18,19)20)7(24-28(15,16)17)5(22-4)3-21-26(9,10)11/h4-8,12-14,27H,2-3H2,1H3,(H2,9,10,11)(H2,15,16,17)(H2,18,19,20)/t4-,5?,6+,7-,8?/m1/s1. The summed E-state index contributed by atoms with van der Waals surface area (Å²) in [7, 11) is -21.4. The molecular formula is C8H22O17P4. The Labute approximate surface area is 163 Å². The normalized spacial score (nSPS) is 30.3. The van der Waals surface area contributed by atoms with Gasteiger partial charge in [0.1, 0.15) is 0 Å². The van der Waals surface area contributed by atoms with Crippen molar-refractivity contribution in [2.24, 2.45) is 0 Å². The van der Waals surface area contributed by atoms with Crippen molar-refractivity contribution in [3.05, 3.63) is 0 Å². The second kappa shape index (κ2) is 10.0. The van der Waals surface area contributed by atoms with Crippen molar-refractivity contribution in [3.8, 4) is 0 Å². The zero-order valence-electron chi connectivity index (χ0n) is 14.4. The fourth-order valence-corrected chi connectivity index (χ4v) is 4.64. The van der Waals surface area contributed by atoms with Crippen molar-refractivity contribution in [3.63, 3.8) is 0 Å². The van der Waals surface area contributed by atoms with Gasteiger partial charge in [0.15, 0.2) is 0 Å². The van der Waals surface area contributed by atoms with Crippen molar-refractivity contribution in [1.29, 1.82) is 0 Å². The maximum atomic E-state index is 11.3. The van der Waals surface area contributed by atoms with E-state index >= 15 is 0 Å². The molecule has 0 spiro atoms. The molecule has 0 aliphatic carbocycles. The Balaban J connectivity index is 3.40. The first-order chi connectivity index (χ1) is 12.8. The monoisotopic (exact) mass is 514 g/mol. The van der Waals surface area contributed by atoms with Gasteiger partial charge in [0, 0.05) is 0 Å². The maximum absolute atomic E-state index is 11.3. The minimum atomic E-state index is -5.45. The molecule has 1 rings (SSSR count). The van der Waals surface area contributed by atoms with E-state index < -0.39 is 68.8 Å². The predicted molar refractivity (Wildman–Crippen MR) is 90.6 cm³/mol. The molecule has 21 heteroatoms. The fourth-order valence-electron chi connectivity index (χ4n) is 2.51. The van der Waals surface area contributed by atoms with Crippen LogP contribution in [0.1, 0.15) is 13.3 Å². The molecule has 176 valence electrons. The van der Waals surface area contributed by atoms with Crippen LogP contribution in [0.4, 0.5) is 0 Å². The van der Waals surface area contributed by atoms with Gasteiger partial charge < -0.3 is 0 Å². The van der Waals surface area contributed by atoms with Gasteiger partial charge in [0.05, 0.1) is 0 Å². The van der Waals surface area contributed by atoms with Crippen LogP contribution in [0.3, 0.4) is 0 Å². The first-order valence-electron chi connectivity index (χ1n) is 7.49. The van der Waals surface area contributed by atoms with Gasteiger partial charge in [-0.3, -0.25) is 0 Å². The third kappa shape index (κ3) is 10.6. The van der Waals surface area contributed by atoms with Crippen molar-refractivity contribution in [1.82, 2.24) is 0 Å². The molecule has 0 bridgehead atoms. The van der Waals surface area contributed by atoms with E-state index in [1.54, 1.807) is 0 Å². The summed E-state index contributed by atoms with van der Waals surface area (Å²) in [6, 6.07) is 0. The Hall–Kier alpha value is 0.560. The van der Waals surface area contributed by atoms with E-state index in [9.17, 15) is 28.4 Å². The molecular weight excluding hydrogens is 492 g/mol. The van der Waals surface area contributed by atoms with E-state index in [0.29, 0.717) is 0 Å². The molecule has 1 aliphatic heterocycles. The first kappa shape index (κ1) is 27.6. The van der Waals surface area contributed by atoms with E-state index in [1.807, 2.05) is 0 Å². The molecule has 17 nitrogen and oxygen atoms in total. The number of phosphoric acid groups is 3. The third-order valence-corrected chi connectivity index (χ3v) is 5.46. The molecule has 0 aromatic carbocycles. The van der Waals surface area contributed by atoms with Crippen LogP contribution in [-0.4, -0.2) is 81.2 Å². The summed E-state index contributed by atoms with van der Waals surface area (Å²) in [4.78, 5) is 81.6. The van der Waals surface area contributed by atoms with Crippen LogP contribution in [0.25, 0.3) is 0 Å². The summed E-state index contributed by atoms with van der Waals surface area (Å²) in [6.45, 7) is 0.315. The zero-order chi connectivity index (χ0) is 22.8. The molecule has 9 N–H and O–H groups in total. The summed E-state index contributed by atoms with van der Waals surface area (Å²) in [6.07, 6.45) is -9.66. The topological polar surface area (TPSA) is 279 Å². The molecule has 29 heavy (non-hydrogen) atoms. The Morgan fingerprint density at radius 1 is 0.793 bits per heavy atom. The summed E-state index contributed by atoms with van der Waals surface area (Å²) in [5.74, 6) is 0. The van der Waals surface area contributed by atoms with Crippen molar-refractivity contribution < 1.29 is 80.6 Å². The van der Waals surface area contributed by atoms with Crippen LogP contribution in [0.2, 0.25) is 0 Å². The average Bonchev–Trinajstić information content (AvgIpc) is 2.44. The van der Waals surface area contributed by atoms with Crippen molar-refractivity contribution in [2.45, 2.75) is 43.9 Å². The average molecular weight is 514 g/mol. The van der Waals surface area contributed by atoms with Crippen LogP contribution in [-0.2, 0) is 36.5 Å². The first-order valence-corrected chi connectivity index (χ1v) is 13.8. The molecule has 0 aromatic heterocycles. The van der Waals surface area contributed by atoms with Crippen molar-refractivity contribution in [2.75, 3.05) is 6.61 Å². The molecule has 0 aromatic rings. The Bertz CT molecular complexity index is 673. The molecule has 1 aliphatic rings. The quantitative estimate of drug-likeness (QED) is 0.143. The second-order valence-corrected chi connectivity index (χ2v) is 10.7. The number of hydrogen-bond acceptors (Lipinski definition) is 11. The number of rotatable bonds is 10. The summed E-state index contributed by atoms with van der Waals surface area (Å²) >= 11 is 0. The van der Waals surface area contributed by atoms with E-state index in [2.05, 4.69) is 18.1 Å². The van der Waals surface area contributed by atoms with Gasteiger partial charge in [0.25, 0.3) is 0 Å². The number of ether oxygens (including phenoxy) is 1. The van der Waals surface area contributed by atoms with Crippen LogP contribution in [0.5, 0.6) is 0 Å². The minimum absolute atomic E-state index is 0.120. The SMILES string of the molecule is CC[C@H]1OC(COP(=O)(O)O)[C@@H](OP(=O)(O)O)C(OP(=O)(O)O)[C@H]1O[PH](O)(O)O. The van der Waals surface area contributed by atoms with Crippen LogP contribution in [0, 0.1) is 0 Å². The summed E-state index contributed by atoms with van der Waals surface area (Å²) < 4.78 is 56.4. The Morgan fingerprint density at radius 3 is 1.66 bits per heavy atom. The van der Waals surface area contributed by atoms with Crippen LogP contribution >= 0.6 is 31.6 Å². The molecule has 0 amide bonds. The predicted octanol–water partition coefficient (Wildman–Crippen LogP) is -2.00. The summed E-state index contributed by atoms with van der Waals surface area (Å²) in [5.41, 5.74) is 0. The molecule has 1 heterocycles. The fraction of sp³-hybridized carbons (Fsp3) is 1.00. The Morgan fingerprint density at radius 2 is 1.28 bits per heavy atom. The Kier molecular flexibility index (Phi) is 9.52. The third-order valence-electron chi connectivity index (χ3n) is 3.35. The number of phosphoric ester groups is 3. The van der Waals surface area contributed by atoms with E-state index in [0.717, 1.165) is 0 Å². The molecule has 2 unspecified atom stereocenters. The van der Waals surface area contributed by atoms with Crippen molar-refractivity contribution >= 4 is 31.6 Å². The zero-order valence-corrected chi connectivity index (χ0v) is 18.1. The van der Waals surface area contributed by atoms with Gasteiger partial charge in [-0.2, -0.15) is 0 Å². The van der Waals surface area contributed by atoms with Gasteiger partial charge in [0.2, 0.25) is 0 Å². The van der Waals surface area contributed by atoms with E-state index in [-0.39, 0.29) is 6.42 Å².